The van der Waals surface area contributed by atoms with Crippen molar-refractivity contribution < 1.29 is 9.59 Å². The molecule has 120 valence electrons. The van der Waals surface area contributed by atoms with Crippen molar-refractivity contribution in [1.82, 2.24) is 10.6 Å². The third-order valence-corrected chi connectivity index (χ3v) is 6.22. The van der Waals surface area contributed by atoms with E-state index in [0.29, 0.717) is 11.3 Å². The molecule has 2 aliphatic carbocycles. The van der Waals surface area contributed by atoms with E-state index < -0.39 is 5.41 Å². The summed E-state index contributed by atoms with van der Waals surface area (Å²) in [6.07, 6.45) is 3.53. The van der Waals surface area contributed by atoms with Crippen molar-refractivity contribution in [3.05, 3.63) is 0 Å². The molecule has 4 nitrogen and oxygen atoms in total. The van der Waals surface area contributed by atoms with E-state index in [-0.39, 0.29) is 29.8 Å². The monoisotopic (exact) mass is 294 g/mol. The van der Waals surface area contributed by atoms with E-state index in [2.05, 4.69) is 31.4 Å². The Labute approximate surface area is 128 Å². The summed E-state index contributed by atoms with van der Waals surface area (Å²) in [7, 11) is 0. The highest BCUT2D eigenvalue weighted by molar-refractivity contribution is 5.87. The lowest BCUT2D eigenvalue weighted by atomic mass is 9.69. The van der Waals surface area contributed by atoms with Gasteiger partial charge in [-0.2, -0.15) is 0 Å². The molecule has 2 fully saturated rings. The highest BCUT2D eigenvalue weighted by atomic mass is 16.2. The molecule has 0 aromatic rings. The summed E-state index contributed by atoms with van der Waals surface area (Å²) < 4.78 is 0. The molecule has 3 unspecified atom stereocenters. The average Bonchev–Trinajstić information content (AvgIpc) is 2.67. The van der Waals surface area contributed by atoms with Gasteiger partial charge in [-0.3, -0.25) is 9.59 Å². The lowest BCUT2D eigenvalue weighted by Crippen LogP contribution is -2.50. The molecular formula is C17H30N2O2. The molecule has 3 atom stereocenters. The highest BCUT2D eigenvalue weighted by Gasteiger charge is 2.61. The maximum atomic E-state index is 12.1. The minimum atomic E-state index is -0.458. The Morgan fingerprint density at radius 3 is 2.24 bits per heavy atom. The Kier molecular flexibility index (Phi) is 3.88. The van der Waals surface area contributed by atoms with Gasteiger partial charge in [0.25, 0.3) is 0 Å². The topological polar surface area (TPSA) is 58.2 Å². The number of nitrogens with one attached hydrogen (secondary N) is 2. The fourth-order valence-corrected chi connectivity index (χ4v) is 4.09. The van der Waals surface area contributed by atoms with Crippen LogP contribution in [0.5, 0.6) is 0 Å². The van der Waals surface area contributed by atoms with Crippen molar-refractivity contribution in [2.45, 2.75) is 66.8 Å². The number of amides is 2. The minimum absolute atomic E-state index is 0.0674. The summed E-state index contributed by atoms with van der Waals surface area (Å²) in [5.41, 5.74) is 0.0155. The zero-order chi connectivity index (χ0) is 16.1. The van der Waals surface area contributed by atoms with Crippen LogP contribution < -0.4 is 10.6 Å². The van der Waals surface area contributed by atoms with E-state index in [4.69, 9.17) is 0 Å². The van der Waals surface area contributed by atoms with Gasteiger partial charge in [-0.1, -0.05) is 41.5 Å². The zero-order valence-electron chi connectivity index (χ0n) is 14.3. The summed E-state index contributed by atoms with van der Waals surface area (Å²) in [5.74, 6) is 0.552. The normalized spacial score (nSPS) is 33.8. The lowest BCUT2D eigenvalue weighted by Gasteiger charge is -2.39. The van der Waals surface area contributed by atoms with Gasteiger partial charge in [0.2, 0.25) is 11.8 Å². The molecule has 0 heterocycles. The summed E-state index contributed by atoms with van der Waals surface area (Å²) >= 11 is 0. The zero-order valence-corrected chi connectivity index (χ0v) is 14.3. The van der Waals surface area contributed by atoms with Crippen LogP contribution in [0.4, 0.5) is 0 Å². The maximum absolute atomic E-state index is 12.1. The van der Waals surface area contributed by atoms with Crippen molar-refractivity contribution in [1.29, 1.82) is 0 Å². The van der Waals surface area contributed by atoms with Crippen LogP contribution in [0, 0.1) is 22.2 Å². The molecule has 2 saturated carbocycles. The molecule has 21 heavy (non-hydrogen) atoms. The van der Waals surface area contributed by atoms with Crippen molar-refractivity contribution in [3.8, 4) is 0 Å². The SMILES string of the molecule is CC(C)(C)C(=O)NCC(=O)NC1CC2CCC1(C)C2(C)C. The van der Waals surface area contributed by atoms with E-state index in [9.17, 15) is 9.59 Å². The van der Waals surface area contributed by atoms with Crippen molar-refractivity contribution in [3.63, 3.8) is 0 Å². The molecule has 2 amide bonds. The second-order valence-corrected chi connectivity index (χ2v) is 8.66. The summed E-state index contributed by atoms with van der Waals surface area (Å²) in [5, 5.41) is 5.88. The molecule has 0 saturated heterocycles. The largest absolute Gasteiger partial charge is 0.351 e. The third kappa shape index (κ3) is 2.69. The van der Waals surface area contributed by atoms with Crippen molar-refractivity contribution >= 4 is 11.8 Å². The van der Waals surface area contributed by atoms with Crippen LogP contribution in [0.25, 0.3) is 0 Å². The van der Waals surface area contributed by atoms with E-state index in [1.54, 1.807) is 0 Å². The van der Waals surface area contributed by atoms with Crippen LogP contribution in [-0.2, 0) is 9.59 Å². The van der Waals surface area contributed by atoms with Crippen LogP contribution in [0.15, 0.2) is 0 Å². The van der Waals surface area contributed by atoms with E-state index in [1.165, 1.54) is 12.8 Å². The Hall–Kier alpha value is -1.06. The molecule has 2 N–H and O–H groups in total. The van der Waals surface area contributed by atoms with Crippen LogP contribution >= 0.6 is 0 Å². The van der Waals surface area contributed by atoms with Gasteiger partial charge in [0.1, 0.15) is 0 Å². The van der Waals surface area contributed by atoms with Gasteiger partial charge in [0, 0.05) is 11.5 Å². The molecular weight excluding hydrogens is 264 g/mol. The number of hydrogen-bond acceptors (Lipinski definition) is 2. The molecule has 0 aliphatic heterocycles. The summed E-state index contributed by atoms with van der Waals surface area (Å²) in [6, 6.07) is 0.241. The fourth-order valence-electron chi connectivity index (χ4n) is 4.09. The van der Waals surface area contributed by atoms with Gasteiger partial charge in [-0.15, -0.1) is 0 Å². The Morgan fingerprint density at radius 1 is 1.19 bits per heavy atom. The minimum Gasteiger partial charge on any atom is -0.351 e. The van der Waals surface area contributed by atoms with E-state index >= 15 is 0 Å². The molecule has 0 aromatic carbocycles. The number of hydrogen-bond donors (Lipinski definition) is 2. The van der Waals surface area contributed by atoms with Crippen LogP contribution in [0.1, 0.15) is 60.8 Å². The molecule has 4 heteroatoms. The lowest BCUT2D eigenvalue weighted by molar-refractivity contribution is -0.131. The summed E-state index contributed by atoms with van der Waals surface area (Å²) in [6.45, 7) is 12.6. The molecule has 0 spiro atoms. The predicted molar refractivity (Wildman–Crippen MR) is 83.6 cm³/mol. The number of rotatable bonds is 3. The van der Waals surface area contributed by atoms with Gasteiger partial charge < -0.3 is 10.6 Å². The van der Waals surface area contributed by atoms with Gasteiger partial charge in [0.05, 0.1) is 6.54 Å². The summed E-state index contributed by atoms with van der Waals surface area (Å²) in [4.78, 5) is 23.9. The van der Waals surface area contributed by atoms with Crippen LogP contribution in [-0.4, -0.2) is 24.4 Å². The first-order chi connectivity index (χ1) is 9.48. The first-order valence-corrected chi connectivity index (χ1v) is 8.06. The molecule has 2 bridgehead atoms. The van der Waals surface area contributed by atoms with Gasteiger partial charge in [-0.25, -0.2) is 0 Å². The molecule has 0 aromatic heterocycles. The smallest absolute Gasteiger partial charge is 0.239 e. The molecule has 2 aliphatic rings. The van der Waals surface area contributed by atoms with Crippen molar-refractivity contribution in [2.75, 3.05) is 6.54 Å². The van der Waals surface area contributed by atoms with Gasteiger partial charge >= 0.3 is 0 Å². The maximum Gasteiger partial charge on any atom is 0.239 e. The number of carbonyl (C=O) groups is 2. The fraction of sp³-hybridized carbons (Fsp3) is 0.882. The second kappa shape index (κ2) is 4.99. The predicted octanol–water partition coefficient (Wildman–Crippen LogP) is 2.48. The Bertz CT molecular complexity index is 450. The highest BCUT2D eigenvalue weighted by Crippen LogP contribution is 2.65. The van der Waals surface area contributed by atoms with Crippen LogP contribution in [0.3, 0.4) is 0 Å². The van der Waals surface area contributed by atoms with E-state index in [0.717, 1.165) is 6.42 Å². The second-order valence-electron chi connectivity index (χ2n) is 8.66. The number of carbonyl (C=O) groups excluding carboxylic acids is 2. The first-order valence-electron chi connectivity index (χ1n) is 8.06. The first kappa shape index (κ1) is 16.3. The molecule has 2 rings (SSSR count). The Balaban J connectivity index is 1.89. The third-order valence-electron chi connectivity index (χ3n) is 6.22. The van der Waals surface area contributed by atoms with Crippen molar-refractivity contribution in [2.24, 2.45) is 22.2 Å². The molecule has 0 radical (unpaired) electrons. The Morgan fingerprint density at radius 2 is 1.81 bits per heavy atom. The number of fused-ring (bicyclic) bond motifs is 2. The quantitative estimate of drug-likeness (QED) is 0.840. The van der Waals surface area contributed by atoms with Gasteiger partial charge in [-0.05, 0) is 36.0 Å². The average molecular weight is 294 g/mol. The van der Waals surface area contributed by atoms with Crippen LogP contribution in [0.2, 0.25) is 0 Å². The van der Waals surface area contributed by atoms with Gasteiger partial charge in [0.15, 0.2) is 0 Å². The standard InChI is InChI=1S/C17H30N2O2/c1-15(2,3)14(21)18-10-13(20)19-12-9-11-7-8-17(12,6)16(11,4)5/h11-12H,7-10H2,1-6H3,(H,18,21)(H,19,20). The van der Waals surface area contributed by atoms with E-state index in [1.807, 2.05) is 20.8 Å².